The molecule has 0 atom stereocenters. The van der Waals surface area contributed by atoms with Crippen molar-refractivity contribution in [2.45, 2.75) is 20.8 Å². The molecule has 3 nitrogen and oxygen atoms in total. The first kappa shape index (κ1) is 11.6. The zero-order chi connectivity index (χ0) is 9.78. The lowest BCUT2D eigenvalue weighted by molar-refractivity contribution is 0.385. The monoisotopic (exact) mass is 191 g/mol. The fraction of sp³-hybridized carbons (Fsp3) is 0.750. The summed E-state index contributed by atoms with van der Waals surface area (Å²) in [6, 6.07) is 0. The van der Waals surface area contributed by atoms with Crippen LogP contribution in [0.3, 0.4) is 0 Å². The Bertz CT molecular complexity index is 231. The molecule has 0 unspecified atom stereocenters. The molecule has 0 bridgehead atoms. The van der Waals surface area contributed by atoms with Crippen LogP contribution in [0.25, 0.3) is 0 Å². The van der Waals surface area contributed by atoms with Crippen molar-refractivity contribution in [1.29, 1.82) is 0 Å². The molecule has 0 fully saturated rings. The number of sulfonamides is 1. The Labute approximate surface area is 75.1 Å². The van der Waals surface area contributed by atoms with Crippen LogP contribution in [0.4, 0.5) is 0 Å². The van der Waals surface area contributed by atoms with Gasteiger partial charge in [-0.15, -0.1) is 0 Å². The second-order valence-corrected chi connectivity index (χ2v) is 4.94. The summed E-state index contributed by atoms with van der Waals surface area (Å²) in [7, 11) is -3.21. The van der Waals surface area contributed by atoms with Gasteiger partial charge >= 0.3 is 0 Å². The van der Waals surface area contributed by atoms with E-state index in [1.165, 1.54) is 4.31 Å². The maximum atomic E-state index is 11.3. The van der Waals surface area contributed by atoms with Crippen LogP contribution in [-0.2, 0) is 10.0 Å². The molecule has 0 aromatic rings. The molecule has 72 valence electrons. The summed E-state index contributed by atoms with van der Waals surface area (Å²) in [5, 5.41) is 0.999. The lowest BCUT2D eigenvalue weighted by atomic mass is 10.2. The first-order valence-corrected chi connectivity index (χ1v) is 5.57. The molecule has 0 heterocycles. The van der Waals surface area contributed by atoms with Gasteiger partial charge in [-0.05, 0) is 5.92 Å². The maximum absolute atomic E-state index is 11.3. The topological polar surface area (TPSA) is 37.4 Å². The molecule has 0 aliphatic carbocycles. The fourth-order valence-corrected chi connectivity index (χ4v) is 2.00. The van der Waals surface area contributed by atoms with Crippen molar-refractivity contribution in [1.82, 2.24) is 4.31 Å². The predicted molar refractivity (Wildman–Crippen MR) is 51.2 cm³/mol. The summed E-state index contributed by atoms with van der Waals surface area (Å²) >= 11 is 0. The SMILES string of the molecule is C=CS(=O)(=O)N(CC)CC(C)C. The van der Waals surface area contributed by atoms with E-state index in [1.54, 1.807) is 0 Å². The molecular weight excluding hydrogens is 174 g/mol. The Hall–Kier alpha value is -0.350. The first-order chi connectivity index (χ1) is 5.44. The second kappa shape index (κ2) is 4.62. The van der Waals surface area contributed by atoms with E-state index in [1.807, 2.05) is 20.8 Å². The Kier molecular flexibility index (Phi) is 4.49. The third-order valence-corrected chi connectivity index (χ3v) is 3.04. The van der Waals surface area contributed by atoms with Crippen molar-refractivity contribution < 1.29 is 8.42 Å². The van der Waals surface area contributed by atoms with E-state index >= 15 is 0 Å². The van der Waals surface area contributed by atoms with Crippen molar-refractivity contribution in [2.24, 2.45) is 5.92 Å². The van der Waals surface area contributed by atoms with Crippen LogP contribution in [-0.4, -0.2) is 25.8 Å². The Balaban J connectivity index is 4.46. The summed E-state index contributed by atoms with van der Waals surface area (Å²) in [6.45, 7) is 10.1. The van der Waals surface area contributed by atoms with Gasteiger partial charge < -0.3 is 0 Å². The average molecular weight is 191 g/mol. The van der Waals surface area contributed by atoms with Crippen molar-refractivity contribution >= 4 is 10.0 Å². The van der Waals surface area contributed by atoms with E-state index in [0.717, 1.165) is 5.41 Å². The molecule has 0 amide bonds. The average Bonchev–Trinajstić information content (AvgIpc) is 1.99. The summed E-state index contributed by atoms with van der Waals surface area (Å²) in [4.78, 5) is 0. The minimum absolute atomic E-state index is 0.347. The number of hydrogen-bond donors (Lipinski definition) is 0. The van der Waals surface area contributed by atoms with Crippen LogP contribution < -0.4 is 0 Å². The van der Waals surface area contributed by atoms with E-state index in [9.17, 15) is 8.42 Å². The van der Waals surface area contributed by atoms with Crippen molar-refractivity contribution in [2.75, 3.05) is 13.1 Å². The minimum atomic E-state index is -3.21. The molecule has 0 aromatic carbocycles. The van der Waals surface area contributed by atoms with Crippen LogP contribution in [0.5, 0.6) is 0 Å². The summed E-state index contributed by atoms with van der Waals surface area (Å²) < 4.78 is 24.0. The van der Waals surface area contributed by atoms with Gasteiger partial charge in [-0.25, -0.2) is 8.42 Å². The highest BCUT2D eigenvalue weighted by Gasteiger charge is 2.16. The van der Waals surface area contributed by atoms with Crippen LogP contribution in [0, 0.1) is 5.92 Å². The molecule has 0 rings (SSSR count). The third kappa shape index (κ3) is 3.36. The molecule has 0 aliphatic rings. The first-order valence-electron chi connectivity index (χ1n) is 4.06. The summed E-state index contributed by atoms with van der Waals surface area (Å²) in [6.07, 6.45) is 0. The molecule has 4 heteroatoms. The minimum Gasteiger partial charge on any atom is -0.208 e. The van der Waals surface area contributed by atoms with Crippen molar-refractivity contribution in [3.63, 3.8) is 0 Å². The van der Waals surface area contributed by atoms with Gasteiger partial charge in [0.15, 0.2) is 0 Å². The molecule has 0 aliphatic heterocycles. The largest absolute Gasteiger partial charge is 0.235 e. The van der Waals surface area contributed by atoms with Gasteiger partial charge in [0.2, 0.25) is 10.0 Å². The summed E-state index contributed by atoms with van der Waals surface area (Å²) in [5.74, 6) is 0.347. The Morgan fingerprint density at radius 1 is 1.50 bits per heavy atom. The third-order valence-electron chi connectivity index (χ3n) is 1.49. The van der Waals surface area contributed by atoms with Crippen LogP contribution in [0.1, 0.15) is 20.8 Å². The van der Waals surface area contributed by atoms with Crippen LogP contribution in [0.15, 0.2) is 12.0 Å². The lowest BCUT2D eigenvalue weighted by Gasteiger charge is -2.19. The highest BCUT2D eigenvalue weighted by atomic mass is 32.2. The highest BCUT2D eigenvalue weighted by Crippen LogP contribution is 2.05. The van der Waals surface area contributed by atoms with E-state index in [2.05, 4.69) is 6.58 Å². The lowest BCUT2D eigenvalue weighted by Crippen LogP contribution is -2.32. The normalized spacial score (nSPS) is 12.4. The quantitative estimate of drug-likeness (QED) is 0.659. The standard InChI is InChI=1S/C8H17NO2S/c1-5-9(7-8(3)4)12(10,11)6-2/h6,8H,2,5,7H2,1,3-4H3. The molecular formula is C8H17NO2S. The molecule has 0 radical (unpaired) electrons. The number of rotatable bonds is 5. The zero-order valence-electron chi connectivity index (χ0n) is 7.95. The Morgan fingerprint density at radius 2 is 2.00 bits per heavy atom. The van der Waals surface area contributed by atoms with E-state index in [0.29, 0.717) is 19.0 Å². The van der Waals surface area contributed by atoms with Gasteiger partial charge in [0, 0.05) is 18.5 Å². The van der Waals surface area contributed by atoms with Gasteiger partial charge in [-0.2, -0.15) is 4.31 Å². The number of nitrogens with zero attached hydrogens (tertiary/aromatic N) is 1. The van der Waals surface area contributed by atoms with Crippen LogP contribution >= 0.6 is 0 Å². The van der Waals surface area contributed by atoms with Crippen molar-refractivity contribution in [3.8, 4) is 0 Å². The van der Waals surface area contributed by atoms with E-state index < -0.39 is 10.0 Å². The molecule has 12 heavy (non-hydrogen) atoms. The van der Waals surface area contributed by atoms with Gasteiger partial charge in [-0.3, -0.25) is 0 Å². The molecule has 0 saturated heterocycles. The molecule has 0 N–H and O–H groups in total. The van der Waals surface area contributed by atoms with Gasteiger partial charge in [0.25, 0.3) is 0 Å². The van der Waals surface area contributed by atoms with Crippen molar-refractivity contribution in [3.05, 3.63) is 12.0 Å². The fourth-order valence-electron chi connectivity index (χ4n) is 0.926. The highest BCUT2D eigenvalue weighted by molar-refractivity contribution is 7.92. The van der Waals surface area contributed by atoms with Crippen LogP contribution in [0.2, 0.25) is 0 Å². The van der Waals surface area contributed by atoms with Gasteiger partial charge in [0.05, 0.1) is 0 Å². The number of hydrogen-bond acceptors (Lipinski definition) is 2. The smallest absolute Gasteiger partial charge is 0.208 e. The van der Waals surface area contributed by atoms with E-state index in [-0.39, 0.29) is 0 Å². The second-order valence-electron chi connectivity index (χ2n) is 3.06. The molecule has 0 aromatic heterocycles. The summed E-state index contributed by atoms with van der Waals surface area (Å²) in [5.41, 5.74) is 0. The molecule has 0 spiro atoms. The van der Waals surface area contributed by atoms with E-state index in [4.69, 9.17) is 0 Å². The molecule has 0 saturated carbocycles. The van der Waals surface area contributed by atoms with Gasteiger partial charge in [-0.1, -0.05) is 27.4 Å². The maximum Gasteiger partial charge on any atom is 0.235 e. The predicted octanol–water partition coefficient (Wildman–Crippen LogP) is 1.44. The Morgan fingerprint density at radius 3 is 2.25 bits per heavy atom. The van der Waals surface area contributed by atoms with Gasteiger partial charge in [0.1, 0.15) is 0 Å². The zero-order valence-corrected chi connectivity index (χ0v) is 8.76.